The third kappa shape index (κ3) is 4.79. The van der Waals surface area contributed by atoms with Crippen LogP contribution in [0.25, 0.3) is 10.8 Å². The van der Waals surface area contributed by atoms with E-state index in [0.717, 1.165) is 21.9 Å². The molecule has 1 fully saturated rings. The molecule has 36 heavy (non-hydrogen) atoms. The summed E-state index contributed by atoms with van der Waals surface area (Å²) >= 11 is 0. The van der Waals surface area contributed by atoms with Gasteiger partial charge < -0.3 is 15.7 Å². The monoisotopic (exact) mass is 486 g/mol. The van der Waals surface area contributed by atoms with Gasteiger partial charge >= 0.3 is 12.0 Å². The summed E-state index contributed by atoms with van der Waals surface area (Å²) in [6, 6.07) is 20.2. The van der Waals surface area contributed by atoms with Gasteiger partial charge in [-0.1, -0.05) is 61.0 Å². The molecule has 0 bridgehead atoms. The fraction of sp³-hybridized carbons (Fsp3) is 0.286. The van der Waals surface area contributed by atoms with Crippen molar-refractivity contribution in [1.29, 1.82) is 5.41 Å². The number of nitrogens with zero attached hydrogens (tertiary/aromatic N) is 2. The molecule has 1 atom stereocenters. The Kier molecular flexibility index (Phi) is 7.05. The summed E-state index contributed by atoms with van der Waals surface area (Å²) in [5, 5.41) is 18.4. The fourth-order valence-electron chi connectivity index (χ4n) is 4.77. The lowest BCUT2D eigenvalue weighted by atomic mass is 9.90. The number of nitrogens with two attached hydrogens (primary N) is 1. The normalized spacial score (nSPS) is 17.7. The number of imide groups is 1. The summed E-state index contributed by atoms with van der Waals surface area (Å²) in [5.41, 5.74) is 6.63. The Hall–Kier alpha value is -4.20. The fourth-order valence-corrected chi connectivity index (χ4v) is 4.77. The third-order valence-corrected chi connectivity index (χ3v) is 6.83. The van der Waals surface area contributed by atoms with Gasteiger partial charge in [-0.25, -0.2) is 4.79 Å². The summed E-state index contributed by atoms with van der Waals surface area (Å²) in [5.74, 6) is -1.15. The average Bonchev–Trinajstić information content (AvgIpc) is 3.05. The second-order valence-electron chi connectivity index (χ2n) is 9.28. The molecule has 1 aliphatic rings. The zero-order chi connectivity index (χ0) is 25.9. The van der Waals surface area contributed by atoms with E-state index in [2.05, 4.69) is 0 Å². The Bertz CT molecular complexity index is 1320. The Balaban J connectivity index is 1.61. The number of hydrogen-bond donors (Lipinski definition) is 3. The molecule has 1 aliphatic heterocycles. The standard InChI is InChI=1S/C28H30N4O4/c1-28(23-8-4-2-5-9-23)26(35)31(27(36)32(28)15-7-3-6-10-24(33)34)18-19-11-12-20-13-14-21(25(29)30)17-22(20)16-19/h2,4-5,8-9,11-14,16-17H,3,6-7,10,15,18H2,1H3,(H3,29,30)(H,33,34). The van der Waals surface area contributed by atoms with Crippen molar-refractivity contribution < 1.29 is 19.5 Å². The highest BCUT2D eigenvalue weighted by atomic mass is 16.4. The first kappa shape index (κ1) is 24.9. The molecular formula is C28H30N4O4. The van der Waals surface area contributed by atoms with Crippen molar-refractivity contribution in [2.75, 3.05) is 6.54 Å². The smallest absolute Gasteiger partial charge is 0.328 e. The quantitative estimate of drug-likeness (QED) is 0.169. The number of carboxylic acids is 1. The zero-order valence-corrected chi connectivity index (χ0v) is 20.2. The van der Waals surface area contributed by atoms with Gasteiger partial charge in [0.25, 0.3) is 5.91 Å². The molecule has 0 saturated carbocycles. The topological polar surface area (TPSA) is 128 Å². The minimum Gasteiger partial charge on any atom is -0.481 e. The largest absolute Gasteiger partial charge is 0.481 e. The van der Waals surface area contributed by atoms with Gasteiger partial charge in [0.15, 0.2) is 0 Å². The van der Waals surface area contributed by atoms with Crippen LogP contribution in [0.5, 0.6) is 0 Å². The van der Waals surface area contributed by atoms with Gasteiger partial charge in [0.05, 0.1) is 6.54 Å². The number of unbranched alkanes of at least 4 members (excludes halogenated alkanes) is 2. The Morgan fingerprint density at radius 2 is 1.69 bits per heavy atom. The van der Waals surface area contributed by atoms with Gasteiger partial charge in [-0.2, -0.15) is 0 Å². The molecule has 3 aromatic rings. The van der Waals surface area contributed by atoms with E-state index in [1.54, 1.807) is 17.9 Å². The van der Waals surface area contributed by atoms with E-state index in [-0.39, 0.29) is 30.7 Å². The Labute approximate surface area is 209 Å². The van der Waals surface area contributed by atoms with Crippen molar-refractivity contribution in [2.45, 2.75) is 44.7 Å². The summed E-state index contributed by atoms with van der Waals surface area (Å²) < 4.78 is 0. The van der Waals surface area contributed by atoms with Gasteiger partial charge in [-0.05, 0) is 53.8 Å². The lowest BCUT2D eigenvalue weighted by Gasteiger charge is -2.32. The van der Waals surface area contributed by atoms with Gasteiger partial charge in [0, 0.05) is 18.5 Å². The van der Waals surface area contributed by atoms with Crippen LogP contribution in [0.15, 0.2) is 66.7 Å². The molecule has 186 valence electrons. The first-order chi connectivity index (χ1) is 17.2. The molecule has 3 amide bonds. The number of carboxylic acid groups (broad SMARTS) is 1. The molecule has 1 unspecified atom stereocenters. The SMILES string of the molecule is CC1(c2ccccc2)C(=O)N(Cc2ccc3ccc(C(=N)N)cc3c2)C(=O)N1CCCCCC(=O)O. The highest BCUT2D eigenvalue weighted by Gasteiger charge is 2.54. The summed E-state index contributed by atoms with van der Waals surface area (Å²) in [6.45, 7) is 2.25. The maximum Gasteiger partial charge on any atom is 0.328 e. The predicted molar refractivity (Wildman–Crippen MR) is 138 cm³/mol. The Morgan fingerprint density at radius 1 is 0.972 bits per heavy atom. The summed E-state index contributed by atoms with van der Waals surface area (Å²) in [7, 11) is 0. The van der Waals surface area contributed by atoms with Crippen LogP contribution in [0.4, 0.5) is 4.79 Å². The molecule has 0 spiro atoms. The van der Waals surface area contributed by atoms with Gasteiger partial charge in [-0.15, -0.1) is 0 Å². The third-order valence-electron chi connectivity index (χ3n) is 6.83. The number of amides is 3. The first-order valence-corrected chi connectivity index (χ1v) is 12.0. The number of amidine groups is 1. The zero-order valence-electron chi connectivity index (χ0n) is 20.2. The van der Waals surface area contributed by atoms with Crippen molar-refractivity contribution in [2.24, 2.45) is 5.73 Å². The van der Waals surface area contributed by atoms with Crippen LogP contribution in [0.2, 0.25) is 0 Å². The maximum absolute atomic E-state index is 13.8. The van der Waals surface area contributed by atoms with Crippen LogP contribution in [-0.2, 0) is 21.7 Å². The van der Waals surface area contributed by atoms with E-state index < -0.39 is 11.5 Å². The molecule has 4 N–H and O–H groups in total. The number of carbonyl (C=O) groups excluding carboxylic acids is 2. The number of carbonyl (C=O) groups is 3. The van der Waals surface area contributed by atoms with E-state index in [9.17, 15) is 14.4 Å². The van der Waals surface area contributed by atoms with Gasteiger partial charge in [0.1, 0.15) is 11.4 Å². The highest BCUT2D eigenvalue weighted by molar-refractivity contribution is 6.07. The van der Waals surface area contributed by atoms with Crippen molar-refractivity contribution in [3.05, 3.63) is 83.4 Å². The van der Waals surface area contributed by atoms with Crippen molar-refractivity contribution >= 4 is 34.5 Å². The predicted octanol–water partition coefficient (Wildman–Crippen LogP) is 4.45. The number of benzene rings is 3. The van der Waals surface area contributed by atoms with Crippen LogP contribution in [0.3, 0.4) is 0 Å². The molecule has 0 aliphatic carbocycles. The molecule has 1 heterocycles. The van der Waals surface area contributed by atoms with E-state index >= 15 is 0 Å². The number of nitrogen functional groups attached to an aromatic ring is 1. The first-order valence-electron chi connectivity index (χ1n) is 12.0. The molecule has 3 aromatic carbocycles. The van der Waals surface area contributed by atoms with Crippen molar-refractivity contribution in [3.63, 3.8) is 0 Å². The minimum absolute atomic E-state index is 0.0233. The van der Waals surface area contributed by atoms with Crippen LogP contribution in [-0.4, -0.2) is 45.2 Å². The number of aliphatic carboxylic acids is 1. The van der Waals surface area contributed by atoms with E-state index in [1.165, 1.54) is 4.90 Å². The highest BCUT2D eigenvalue weighted by Crippen LogP contribution is 2.38. The van der Waals surface area contributed by atoms with Crippen LogP contribution in [0, 0.1) is 5.41 Å². The molecule has 8 nitrogen and oxygen atoms in total. The molecule has 1 saturated heterocycles. The van der Waals surface area contributed by atoms with Crippen LogP contribution >= 0.6 is 0 Å². The Morgan fingerprint density at radius 3 is 2.39 bits per heavy atom. The van der Waals surface area contributed by atoms with E-state index in [0.29, 0.717) is 31.4 Å². The second kappa shape index (κ2) is 10.2. The van der Waals surface area contributed by atoms with Crippen molar-refractivity contribution in [3.8, 4) is 0 Å². The molecule has 0 aromatic heterocycles. The molecular weight excluding hydrogens is 456 g/mol. The van der Waals surface area contributed by atoms with Gasteiger partial charge in [-0.3, -0.25) is 19.9 Å². The number of fused-ring (bicyclic) bond motifs is 1. The van der Waals surface area contributed by atoms with E-state index in [4.69, 9.17) is 16.2 Å². The molecule has 0 radical (unpaired) electrons. The summed E-state index contributed by atoms with van der Waals surface area (Å²) in [4.78, 5) is 41.1. The molecule has 8 heteroatoms. The average molecular weight is 487 g/mol. The number of urea groups is 1. The van der Waals surface area contributed by atoms with Crippen molar-refractivity contribution in [1.82, 2.24) is 9.80 Å². The van der Waals surface area contributed by atoms with E-state index in [1.807, 2.05) is 60.7 Å². The molecule has 4 rings (SSSR count). The van der Waals surface area contributed by atoms with Crippen LogP contribution in [0.1, 0.15) is 49.3 Å². The maximum atomic E-state index is 13.8. The number of rotatable bonds is 10. The lowest BCUT2D eigenvalue weighted by molar-refractivity contribution is -0.137. The second-order valence-corrected chi connectivity index (χ2v) is 9.28. The van der Waals surface area contributed by atoms with Gasteiger partial charge in [0.2, 0.25) is 0 Å². The summed E-state index contributed by atoms with van der Waals surface area (Å²) in [6.07, 6.45) is 1.86. The minimum atomic E-state index is -1.15. The van der Waals surface area contributed by atoms with Crippen LogP contribution < -0.4 is 5.73 Å². The lowest BCUT2D eigenvalue weighted by Crippen LogP contribution is -2.44. The number of hydrogen-bond acceptors (Lipinski definition) is 4. The number of nitrogens with one attached hydrogen (secondary N) is 1.